The molecular formula is C32H34FN3O4. The van der Waals surface area contributed by atoms with E-state index in [1.165, 1.54) is 12.1 Å². The fraction of sp³-hybridized carbons (Fsp3) is 0.312. The minimum Gasteiger partial charge on any atom is -0.466 e. The summed E-state index contributed by atoms with van der Waals surface area (Å²) in [7, 11) is 0. The van der Waals surface area contributed by atoms with E-state index < -0.39 is 0 Å². The fourth-order valence-corrected chi connectivity index (χ4v) is 4.37. The van der Waals surface area contributed by atoms with Crippen molar-refractivity contribution in [2.45, 2.75) is 52.5 Å². The molecule has 1 aromatic heterocycles. The van der Waals surface area contributed by atoms with Crippen LogP contribution in [0.3, 0.4) is 0 Å². The zero-order valence-electron chi connectivity index (χ0n) is 23.0. The second-order valence-corrected chi connectivity index (χ2v) is 9.71. The molecule has 0 aliphatic rings. The number of carbonyl (C=O) groups is 2. The number of nitrogens with one attached hydrogen (secondary N) is 1. The molecule has 0 radical (unpaired) electrons. The highest BCUT2D eigenvalue weighted by atomic mass is 19.1. The normalized spacial score (nSPS) is 12.5. The zero-order chi connectivity index (χ0) is 28.5. The van der Waals surface area contributed by atoms with Crippen LogP contribution in [0.25, 0.3) is 22.9 Å². The molecule has 2 unspecified atom stereocenters. The molecule has 8 heteroatoms. The lowest BCUT2D eigenvalue weighted by atomic mass is 9.91. The number of ether oxygens (including phenoxy) is 1. The van der Waals surface area contributed by atoms with E-state index in [-0.39, 0.29) is 30.0 Å². The van der Waals surface area contributed by atoms with Gasteiger partial charge in [0.05, 0.1) is 12.6 Å². The van der Waals surface area contributed by atoms with Crippen molar-refractivity contribution in [3.63, 3.8) is 0 Å². The average Bonchev–Trinajstić information content (AvgIpc) is 3.47. The van der Waals surface area contributed by atoms with Crippen LogP contribution in [0.2, 0.25) is 0 Å². The van der Waals surface area contributed by atoms with Crippen LogP contribution in [-0.4, -0.2) is 28.6 Å². The average molecular weight is 544 g/mol. The molecule has 3 aromatic carbocycles. The number of anilines is 1. The quantitative estimate of drug-likeness (QED) is 0.137. The molecule has 0 aliphatic carbocycles. The van der Waals surface area contributed by atoms with Gasteiger partial charge < -0.3 is 14.5 Å². The highest BCUT2D eigenvalue weighted by Gasteiger charge is 2.19. The van der Waals surface area contributed by atoms with Gasteiger partial charge in [0.1, 0.15) is 5.82 Å². The van der Waals surface area contributed by atoms with Gasteiger partial charge in [-0.3, -0.25) is 9.59 Å². The first-order chi connectivity index (χ1) is 19.4. The third-order valence-electron chi connectivity index (χ3n) is 6.87. The third kappa shape index (κ3) is 7.40. The van der Waals surface area contributed by atoms with Crippen LogP contribution in [0.5, 0.6) is 0 Å². The van der Waals surface area contributed by atoms with Gasteiger partial charge in [-0.05, 0) is 73.4 Å². The smallest absolute Gasteiger partial charge is 0.305 e. The van der Waals surface area contributed by atoms with Gasteiger partial charge in [-0.1, -0.05) is 44.5 Å². The fourth-order valence-electron chi connectivity index (χ4n) is 4.37. The summed E-state index contributed by atoms with van der Waals surface area (Å²) in [6.45, 7) is 6.46. The van der Waals surface area contributed by atoms with Gasteiger partial charge in [-0.2, -0.15) is 0 Å². The Bertz CT molecular complexity index is 1400. The van der Waals surface area contributed by atoms with E-state index in [1.54, 1.807) is 19.1 Å². The van der Waals surface area contributed by atoms with Crippen LogP contribution in [0.15, 0.2) is 77.2 Å². The van der Waals surface area contributed by atoms with Crippen molar-refractivity contribution in [1.82, 2.24) is 10.2 Å². The van der Waals surface area contributed by atoms with Gasteiger partial charge in [0.15, 0.2) is 5.78 Å². The molecule has 1 heterocycles. The lowest BCUT2D eigenvalue weighted by Gasteiger charge is -2.26. The summed E-state index contributed by atoms with van der Waals surface area (Å²) < 4.78 is 23.9. The monoisotopic (exact) mass is 543 g/mol. The Hall–Kier alpha value is -4.33. The first-order valence-corrected chi connectivity index (χ1v) is 13.6. The summed E-state index contributed by atoms with van der Waals surface area (Å²) in [6.07, 6.45) is 2.00. The standard InChI is InChI=1S/C32H34FN3O4/c1-4-21(3)30(23-11-9-22(10-12-23)28(37)7-6-8-29(38)39-5-2)34-27-19-15-25(16-20-27)32-36-35-31(40-32)24-13-17-26(33)18-14-24/h9-21,30,34H,4-8H2,1-3H3. The molecule has 1 N–H and O–H groups in total. The van der Waals surface area contributed by atoms with E-state index in [0.717, 1.165) is 23.2 Å². The molecule has 4 rings (SSSR count). The van der Waals surface area contributed by atoms with Crippen molar-refractivity contribution in [2.75, 3.05) is 11.9 Å². The molecule has 40 heavy (non-hydrogen) atoms. The van der Waals surface area contributed by atoms with Crippen molar-refractivity contribution in [3.05, 3.63) is 89.7 Å². The highest BCUT2D eigenvalue weighted by molar-refractivity contribution is 5.96. The number of rotatable bonds is 13. The van der Waals surface area contributed by atoms with Crippen LogP contribution < -0.4 is 5.32 Å². The topological polar surface area (TPSA) is 94.3 Å². The minimum absolute atomic E-state index is 0.0168. The van der Waals surface area contributed by atoms with Crippen molar-refractivity contribution in [2.24, 2.45) is 5.92 Å². The van der Waals surface area contributed by atoms with Crippen LogP contribution in [-0.2, 0) is 9.53 Å². The lowest BCUT2D eigenvalue weighted by Crippen LogP contribution is -2.18. The second kappa shape index (κ2) is 13.6. The zero-order valence-corrected chi connectivity index (χ0v) is 23.0. The first kappa shape index (κ1) is 28.7. The lowest BCUT2D eigenvalue weighted by molar-refractivity contribution is -0.143. The Morgan fingerprint density at radius 3 is 2.05 bits per heavy atom. The van der Waals surface area contributed by atoms with E-state index in [1.807, 2.05) is 48.5 Å². The number of halogens is 1. The summed E-state index contributed by atoms with van der Waals surface area (Å²) in [5.74, 6) is 0.465. The Morgan fingerprint density at radius 1 is 0.875 bits per heavy atom. The summed E-state index contributed by atoms with van der Waals surface area (Å²) in [5.41, 5.74) is 4.09. The van der Waals surface area contributed by atoms with Gasteiger partial charge in [0.25, 0.3) is 0 Å². The number of esters is 1. The maximum absolute atomic E-state index is 13.2. The Balaban J connectivity index is 1.41. The van der Waals surface area contributed by atoms with Crippen molar-refractivity contribution in [3.8, 4) is 22.9 Å². The molecule has 0 spiro atoms. The van der Waals surface area contributed by atoms with E-state index in [4.69, 9.17) is 9.15 Å². The number of aromatic nitrogens is 2. The summed E-state index contributed by atoms with van der Waals surface area (Å²) in [4.78, 5) is 24.1. The summed E-state index contributed by atoms with van der Waals surface area (Å²) in [6, 6.07) is 21.4. The number of ketones is 1. The van der Waals surface area contributed by atoms with Gasteiger partial charge in [0, 0.05) is 35.2 Å². The number of nitrogens with zero attached hydrogens (tertiary/aromatic N) is 2. The Morgan fingerprint density at radius 2 is 1.48 bits per heavy atom. The third-order valence-corrected chi connectivity index (χ3v) is 6.87. The maximum Gasteiger partial charge on any atom is 0.305 e. The van der Waals surface area contributed by atoms with Gasteiger partial charge >= 0.3 is 5.97 Å². The molecule has 0 saturated carbocycles. The van der Waals surface area contributed by atoms with Crippen molar-refractivity contribution >= 4 is 17.4 Å². The van der Waals surface area contributed by atoms with Gasteiger partial charge in [0.2, 0.25) is 11.8 Å². The molecule has 0 amide bonds. The summed E-state index contributed by atoms with van der Waals surface area (Å²) >= 11 is 0. The highest BCUT2D eigenvalue weighted by Crippen LogP contribution is 2.31. The Kier molecular flexibility index (Phi) is 9.78. The minimum atomic E-state index is -0.325. The van der Waals surface area contributed by atoms with Crippen LogP contribution in [0.4, 0.5) is 10.1 Å². The van der Waals surface area contributed by atoms with Crippen molar-refractivity contribution < 1.29 is 23.1 Å². The van der Waals surface area contributed by atoms with E-state index in [9.17, 15) is 14.0 Å². The van der Waals surface area contributed by atoms with Crippen molar-refractivity contribution in [1.29, 1.82) is 0 Å². The number of Topliss-reactive ketones (excluding diaryl/α,β-unsaturated/α-hetero) is 1. The predicted molar refractivity (Wildman–Crippen MR) is 152 cm³/mol. The number of benzene rings is 3. The molecular weight excluding hydrogens is 509 g/mol. The molecule has 2 atom stereocenters. The van der Waals surface area contributed by atoms with Crippen LogP contribution in [0, 0.1) is 11.7 Å². The molecule has 208 valence electrons. The van der Waals surface area contributed by atoms with E-state index >= 15 is 0 Å². The van der Waals surface area contributed by atoms with Crippen LogP contribution in [0.1, 0.15) is 68.4 Å². The number of hydrogen-bond donors (Lipinski definition) is 1. The number of hydrogen-bond acceptors (Lipinski definition) is 7. The molecule has 4 aromatic rings. The van der Waals surface area contributed by atoms with E-state index in [0.29, 0.717) is 48.3 Å². The second-order valence-electron chi connectivity index (χ2n) is 9.71. The van der Waals surface area contributed by atoms with Crippen LogP contribution >= 0.6 is 0 Å². The largest absolute Gasteiger partial charge is 0.466 e. The predicted octanol–water partition coefficient (Wildman–Crippen LogP) is 7.66. The first-order valence-electron chi connectivity index (χ1n) is 13.6. The molecule has 0 bridgehead atoms. The summed E-state index contributed by atoms with van der Waals surface area (Å²) in [5, 5.41) is 11.9. The molecule has 7 nitrogen and oxygen atoms in total. The number of carbonyl (C=O) groups excluding carboxylic acids is 2. The molecule has 0 aliphatic heterocycles. The molecule has 0 saturated heterocycles. The maximum atomic E-state index is 13.2. The van der Waals surface area contributed by atoms with Gasteiger partial charge in [-0.25, -0.2) is 4.39 Å². The Labute approximate surface area is 233 Å². The van der Waals surface area contributed by atoms with E-state index in [2.05, 4.69) is 29.4 Å². The SMILES string of the molecule is CCOC(=O)CCCC(=O)c1ccc(C(Nc2ccc(-c3nnc(-c4ccc(F)cc4)o3)cc2)C(C)CC)cc1. The molecule has 0 fully saturated rings. The van der Waals surface area contributed by atoms with Gasteiger partial charge in [-0.15, -0.1) is 10.2 Å².